The molecule has 1 aliphatic heterocycles. The summed E-state index contributed by atoms with van der Waals surface area (Å²) in [5.74, 6) is -1.44. The van der Waals surface area contributed by atoms with Gasteiger partial charge in [0.05, 0.1) is 18.4 Å². The molecule has 1 atom stereocenters. The van der Waals surface area contributed by atoms with Crippen molar-refractivity contribution in [3.63, 3.8) is 0 Å². The molecule has 1 amide bonds. The number of carbonyl (C=O) groups is 2. The minimum Gasteiger partial charge on any atom is -0.507 e. The van der Waals surface area contributed by atoms with E-state index < -0.39 is 23.5 Å². The molecule has 0 saturated carbocycles. The molecule has 0 spiro atoms. The molecule has 31 heavy (non-hydrogen) atoms. The summed E-state index contributed by atoms with van der Waals surface area (Å²) >= 11 is 0. The van der Waals surface area contributed by atoms with Crippen molar-refractivity contribution in [1.29, 1.82) is 0 Å². The van der Waals surface area contributed by atoms with E-state index in [1.54, 1.807) is 48.5 Å². The Kier molecular flexibility index (Phi) is 5.58. The number of ether oxygens (including phenoxy) is 1. The minimum atomic E-state index is -0.921. The maximum atomic E-state index is 13.3. The fraction of sp³-hybridized carbons (Fsp3) is 0.167. The van der Waals surface area contributed by atoms with E-state index in [1.165, 1.54) is 23.3 Å². The second-order valence-corrected chi connectivity index (χ2v) is 7.03. The van der Waals surface area contributed by atoms with E-state index in [9.17, 15) is 19.1 Å². The summed E-state index contributed by atoms with van der Waals surface area (Å²) < 4.78 is 24.3. The SMILES string of the molecule is CCOc1cccc(/C(O)=C2/C(=O)C(=O)N(Cc3ccc(F)cc3)C2c2ccco2)c1. The first-order valence-corrected chi connectivity index (χ1v) is 9.79. The summed E-state index contributed by atoms with van der Waals surface area (Å²) in [4.78, 5) is 27.1. The number of Topliss-reactive ketones (excluding diaryl/α,β-unsaturated/α-hetero) is 1. The van der Waals surface area contributed by atoms with Crippen molar-refractivity contribution in [2.24, 2.45) is 0 Å². The van der Waals surface area contributed by atoms with Crippen LogP contribution >= 0.6 is 0 Å². The number of aliphatic hydroxyl groups is 1. The molecule has 4 rings (SSSR count). The highest BCUT2D eigenvalue weighted by molar-refractivity contribution is 6.46. The Morgan fingerprint density at radius 2 is 1.90 bits per heavy atom. The van der Waals surface area contributed by atoms with Gasteiger partial charge in [0.15, 0.2) is 0 Å². The van der Waals surface area contributed by atoms with Gasteiger partial charge in [0.1, 0.15) is 29.1 Å². The monoisotopic (exact) mass is 421 g/mol. The Balaban J connectivity index is 1.80. The van der Waals surface area contributed by atoms with Crippen molar-refractivity contribution < 1.29 is 28.2 Å². The van der Waals surface area contributed by atoms with E-state index in [0.29, 0.717) is 29.2 Å². The van der Waals surface area contributed by atoms with Gasteiger partial charge in [0, 0.05) is 12.1 Å². The maximum absolute atomic E-state index is 13.3. The molecule has 0 radical (unpaired) electrons. The maximum Gasteiger partial charge on any atom is 0.296 e. The molecule has 1 N–H and O–H groups in total. The summed E-state index contributed by atoms with van der Waals surface area (Å²) in [6, 6.07) is 14.7. The number of carbonyl (C=O) groups excluding carboxylic acids is 2. The van der Waals surface area contributed by atoms with E-state index in [4.69, 9.17) is 9.15 Å². The molecule has 3 aromatic rings. The number of rotatable bonds is 6. The first-order valence-electron chi connectivity index (χ1n) is 9.79. The van der Waals surface area contributed by atoms with Crippen LogP contribution in [0.2, 0.25) is 0 Å². The van der Waals surface area contributed by atoms with Crippen LogP contribution in [0.15, 0.2) is 76.9 Å². The van der Waals surface area contributed by atoms with Crippen molar-refractivity contribution in [2.45, 2.75) is 19.5 Å². The lowest BCUT2D eigenvalue weighted by Gasteiger charge is -2.23. The summed E-state index contributed by atoms with van der Waals surface area (Å²) in [6.45, 7) is 2.33. The molecule has 1 aliphatic rings. The number of amides is 1. The van der Waals surface area contributed by atoms with E-state index >= 15 is 0 Å². The Morgan fingerprint density at radius 1 is 1.13 bits per heavy atom. The average molecular weight is 421 g/mol. The topological polar surface area (TPSA) is 80.0 Å². The lowest BCUT2D eigenvalue weighted by molar-refractivity contribution is -0.140. The van der Waals surface area contributed by atoms with Gasteiger partial charge < -0.3 is 19.2 Å². The van der Waals surface area contributed by atoms with Crippen LogP contribution in [0.4, 0.5) is 4.39 Å². The number of hydrogen-bond acceptors (Lipinski definition) is 5. The third-order valence-electron chi connectivity index (χ3n) is 5.04. The largest absolute Gasteiger partial charge is 0.507 e. The van der Waals surface area contributed by atoms with Crippen molar-refractivity contribution in [1.82, 2.24) is 4.90 Å². The number of halogens is 1. The zero-order valence-corrected chi connectivity index (χ0v) is 16.7. The van der Waals surface area contributed by atoms with Gasteiger partial charge in [0.2, 0.25) is 0 Å². The first-order chi connectivity index (χ1) is 15.0. The Morgan fingerprint density at radius 3 is 2.58 bits per heavy atom. The molecule has 1 fully saturated rings. The third kappa shape index (κ3) is 3.94. The van der Waals surface area contributed by atoms with E-state index in [2.05, 4.69) is 0 Å². The predicted octanol–water partition coefficient (Wildman–Crippen LogP) is 4.44. The van der Waals surface area contributed by atoms with Gasteiger partial charge in [-0.25, -0.2) is 4.39 Å². The standard InChI is InChI=1S/C24H20FNO5/c1-2-30-18-6-3-5-16(13-18)22(27)20-21(19-7-4-12-31-19)26(24(29)23(20)28)14-15-8-10-17(25)11-9-15/h3-13,21,27H,2,14H2,1H3/b22-20-. The molecule has 6 nitrogen and oxygen atoms in total. The van der Waals surface area contributed by atoms with Gasteiger partial charge in [-0.2, -0.15) is 0 Å². The van der Waals surface area contributed by atoms with Crippen LogP contribution in [0.3, 0.4) is 0 Å². The molecular formula is C24H20FNO5. The second-order valence-electron chi connectivity index (χ2n) is 7.03. The van der Waals surface area contributed by atoms with Crippen molar-refractivity contribution >= 4 is 17.4 Å². The number of furan rings is 1. The fourth-order valence-corrected chi connectivity index (χ4v) is 3.63. The Hall–Kier alpha value is -3.87. The molecule has 0 bridgehead atoms. The van der Waals surface area contributed by atoms with E-state index in [0.717, 1.165) is 0 Å². The average Bonchev–Trinajstić information content (AvgIpc) is 3.38. The van der Waals surface area contributed by atoms with Crippen LogP contribution < -0.4 is 4.74 Å². The smallest absolute Gasteiger partial charge is 0.296 e. The normalized spacial score (nSPS) is 17.9. The van der Waals surface area contributed by atoms with Crippen LogP contribution in [0.1, 0.15) is 29.9 Å². The number of likely N-dealkylation sites (tertiary alicyclic amines) is 1. The second kappa shape index (κ2) is 8.47. The lowest BCUT2D eigenvalue weighted by Crippen LogP contribution is -2.29. The number of benzene rings is 2. The predicted molar refractivity (Wildman–Crippen MR) is 111 cm³/mol. The number of hydrogen-bond donors (Lipinski definition) is 1. The number of aliphatic hydroxyl groups excluding tert-OH is 1. The lowest BCUT2D eigenvalue weighted by atomic mass is 9.99. The van der Waals surface area contributed by atoms with Crippen LogP contribution in [-0.2, 0) is 16.1 Å². The van der Waals surface area contributed by atoms with Crippen molar-refractivity contribution in [3.05, 3.63) is 95.2 Å². The van der Waals surface area contributed by atoms with E-state index in [1.807, 2.05) is 6.92 Å². The van der Waals surface area contributed by atoms with Gasteiger partial charge >= 0.3 is 0 Å². The van der Waals surface area contributed by atoms with Crippen LogP contribution in [0, 0.1) is 5.82 Å². The Bertz CT molecular complexity index is 1140. The quantitative estimate of drug-likeness (QED) is 0.362. The van der Waals surface area contributed by atoms with Crippen LogP contribution in [0.5, 0.6) is 5.75 Å². The zero-order chi connectivity index (χ0) is 22.0. The molecule has 158 valence electrons. The number of ketones is 1. The molecule has 1 saturated heterocycles. The van der Waals surface area contributed by atoms with Gasteiger partial charge in [-0.05, 0) is 48.9 Å². The van der Waals surface area contributed by atoms with Crippen LogP contribution in [-0.4, -0.2) is 28.3 Å². The van der Waals surface area contributed by atoms with Gasteiger partial charge in [0.25, 0.3) is 11.7 Å². The summed E-state index contributed by atoms with van der Waals surface area (Å²) in [5.41, 5.74) is 0.913. The highest BCUT2D eigenvalue weighted by Crippen LogP contribution is 2.40. The van der Waals surface area contributed by atoms with Crippen molar-refractivity contribution in [3.8, 4) is 5.75 Å². The summed E-state index contributed by atoms with van der Waals surface area (Å²) in [7, 11) is 0. The van der Waals surface area contributed by atoms with Crippen molar-refractivity contribution in [2.75, 3.05) is 6.61 Å². The molecule has 2 heterocycles. The van der Waals surface area contributed by atoms with Gasteiger partial charge in [-0.1, -0.05) is 24.3 Å². The van der Waals surface area contributed by atoms with Crippen LogP contribution in [0.25, 0.3) is 5.76 Å². The molecule has 1 aromatic heterocycles. The fourth-order valence-electron chi connectivity index (χ4n) is 3.63. The molecular weight excluding hydrogens is 401 g/mol. The van der Waals surface area contributed by atoms with Gasteiger partial charge in [-0.15, -0.1) is 0 Å². The highest BCUT2D eigenvalue weighted by Gasteiger charge is 2.47. The molecule has 0 aliphatic carbocycles. The highest BCUT2D eigenvalue weighted by atomic mass is 19.1. The third-order valence-corrected chi connectivity index (χ3v) is 5.04. The summed E-state index contributed by atoms with van der Waals surface area (Å²) in [6.07, 6.45) is 1.43. The molecule has 2 aromatic carbocycles. The zero-order valence-electron chi connectivity index (χ0n) is 16.7. The first kappa shape index (κ1) is 20.4. The minimum absolute atomic E-state index is 0.0476. The molecule has 1 unspecified atom stereocenters. The van der Waals surface area contributed by atoms with Gasteiger partial charge in [-0.3, -0.25) is 9.59 Å². The summed E-state index contributed by atoms with van der Waals surface area (Å²) in [5, 5.41) is 11.0. The Labute approximate surface area is 178 Å². The number of nitrogens with zero attached hydrogens (tertiary/aromatic N) is 1. The van der Waals surface area contributed by atoms with E-state index in [-0.39, 0.29) is 17.9 Å². The molecule has 7 heteroatoms.